The van der Waals surface area contributed by atoms with Gasteiger partial charge in [0.2, 0.25) is 0 Å². The van der Waals surface area contributed by atoms with Gasteiger partial charge in [0, 0.05) is 26.7 Å². The van der Waals surface area contributed by atoms with E-state index in [9.17, 15) is 13.2 Å². The molecule has 0 amide bonds. The lowest BCUT2D eigenvalue weighted by molar-refractivity contribution is -0.143. The van der Waals surface area contributed by atoms with E-state index >= 15 is 0 Å². The van der Waals surface area contributed by atoms with Crippen LogP contribution in [0.25, 0.3) is 0 Å². The average Bonchev–Trinajstić information content (AvgIpc) is 2.94. The summed E-state index contributed by atoms with van der Waals surface area (Å²) < 4.78 is 37.2. The molecule has 2 rings (SSSR count). The highest BCUT2D eigenvalue weighted by atomic mass is 127. The topological polar surface area (TPSA) is 39.7 Å². The lowest BCUT2D eigenvalue weighted by Gasteiger charge is -2.18. The summed E-state index contributed by atoms with van der Waals surface area (Å²) in [6.07, 6.45) is -3.34. The smallest absolute Gasteiger partial charge is 0.356 e. The van der Waals surface area contributed by atoms with Crippen molar-refractivity contribution in [3.05, 3.63) is 35.4 Å². The van der Waals surface area contributed by atoms with E-state index < -0.39 is 12.7 Å². The minimum absolute atomic E-state index is 0. The first-order valence-corrected chi connectivity index (χ1v) is 8.15. The Morgan fingerprint density at radius 3 is 2.52 bits per heavy atom. The molecular weight excluding hydrogens is 444 g/mol. The Morgan fingerprint density at radius 1 is 1.24 bits per heavy atom. The van der Waals surface area contributed by atoms with Gasteiger partial charge in [0.15, 0.2) is 5.96 Å². The summed E-state index contributed by atoms with van der Waals surface area (Å²) in [5, 5.41) is 6.43. The normalized spacial score (nSPS) is 18.8. The number of nitrogens with zero attached hydrogens (tertiary/aromatic N) is 2. The van der Waals surface area contributed by atoms with Gasteiger partial charge in [-0.1, -0.05) is 29.8 Å². The number of aryl methyl sites for hydroxylation is 1. The Balaban J connectivity index is 0.00000312. The average molecular weight is 470 g/mol. The molecule has 1 aromatic carbocycles. The maximum absolute atomic E-state index is 12.4. The van der Waals surface area contributed by atoms with Crippen LogP contribution in [0.1, 0.15) is 17.5 Å². The molecule has 0 radical (unpaired) electrons. The standard InChI is InChI=1S/C17H25F3N4.HI/c1-13-3-5-14(6-4-13)9-22-16(21-2)23-10-15-7-8-24(11-15)12-17(18,19)20;/h3-6,15H,7-12H2,1-2H3,(H2,21,22,23);1H. The maximum atomic E-state index is 12.4. The number of alkyl halides is 3. The largest absolute Gasteiger partial charge is 0.401 e. The van der Waals surface area contributed by atoms with Crippen molar-refractivity contribution >= 4 is 29.9 Å². The first kappa shape index (κ1) is 22.0. The van der Waals surface area contributed by atoms with Crippen LogP contribution in [-0.4, -0.2) is 50.3 Å². The fourth-order valence-corrected chi connectivity index (χ4v) is 2.83. The molecule has 1 aliphatic heterocycles. The second-order valence-electron chi connectivity index (χ2n) is 6.30. The highest BCUT2D eigenvalue weighted by molar-refractivity contribution is 14.0. The zero-order valence-electron chi connectivity index (χ0n) is 14.6. The van der Waals surface area contributed by atoms with Gasteiger partial charge in [0.25, 0.3) is 0 Å². The Morgan fingerprint density at radius 2 is 1.92 bits per heavy atom. The Labute approximate surface area is 164 Å². The molecule has 1 unspecified atom stereocenters. The fraction of sp³-hybridized carbons (Fsp3) is 0.588. The number of halogens is 4. The molecule has 1 atom stereocenters. The molecule has 0 aromatic heterocycles. The number of guanidine groups is 1. The lowest BCUT2D eigenvalue weighted by Crippen LogP contribution is -2.40. The van der Waals surface area contributed by atoms with Gasteiger partial charge in [-0.05, 0) is 31.4 Å². The van der Waals surface area contributed by atoms with Crippen molar-refractivity contribution in [3.8, 4) is 0 Å². The van der Waals surface area contributed by atoms with Crippen LogP contribution < -0.4 is 10.6 Å². The molecule has 0 aliphatic carbocycles. The van der Waals surface area contributed by atoms with Gasteiger partial charge in [0.1, 0.15) is 0 Å². The third-order valence-corrected chi connectivity index (χ3v) is 4.14. The predicted molar refractivity (Wildman–Crippen MR) is 105 cm³/mol. The molecule has 1 fully saturated rings. The van der Waals surface area contributed by atoms with Crippen LogP contribution >= 0.6 is 24.0 Å². The van der Waals surface area contributed by atoms with Crippen molar-refractivity contribution in [1.29, 1.82) is 0 Å². The number of likely N-dealkylation sites (tertiary alicyclic amines) is 1. The van der Waals surface area contributed by atoms with Gasteiger partial charge in [-0.2, -0.15) is 13.2 Å². The van der Waals surface area contributed by atoms with E-state index in [-0.39, 0.29) is 29.9 Å². The molecule has 0 saturated carbocycles. The minimum atomic E-state index is -4.12. The Bertz CT molecular complexity index is 546. The van der Waals surface area contributed by atoms with Crippen LogP contribution in [0.4, 0.5) is 13.2 Å². The summed E-state index contributed by atoms with van der Waals surface area (Å²) in [5.74, 6) is 0.884. The van der Waals surface area contributed by atoms with Crippen molar-refractivity contribution in [2.75, 3.05) is 33.2 Å². The number of rotatable bonds is 5. The van der Waals surface area contributed by atoms with E-state index in [1.165, 1.54) is 10.5 Å². The molecule has 0 bridgehead atoms. The predicted octanol–water partition coefficient (Wildman–Crippen LogP) is 3.16. The number of hydrogen-bond donors (Lipinski definition) is 2. The first-order chi connectivity index (χ1) is 11.4. The highest BCUT2D eigenvalue weighted by Gasteiger charge is 2.34. The molecule has 4 nitrogen and oxygen atoms in total. The molecule has 8 heteroatoms. The Kier molecular flexibility index (Phi) is 8.98. The third-order valence-electron chi connectivity index (χ3n) is 4.14. The number of nitrogens with one attached hydrogen (secondary N) is 2. The van der Waals surface area contributed by atoms with Crippen LogP contribution in [0.2, 0.25) is 0 Å². The molecule has 142 valence electrons. The summed E-state index contributed by atoms with van der Waals surface area (Å²) in [7, 11) is 1.69. The molecule has 2 N–H and O–H groups in total. The quantitative estimate of drug-likeness (QED) is 0.395. The number of aliphatic imine (C=N–C) groups is 1. The lowest BCUT2D eigenvalue weighted by atomic mass is 10.1. The van der Waals surface area contributed by atoms with E-state index in [1.54, 1.807) is 7.05 Å². The molecule has 1 heterocycles. The monoisotopic (exact) mass is 470 g/mol. The molecular formula is C17H26F3IN4. The van der Waals surface area contributed by atoms with Gasteiger partial charge in [-0.15, -0.1) is 24.0 Å². The van der Waals surface area contributed by atoms with Crippen LogP contribution in [0.15, 0.2) is 29.3 Å². The van der Waals surface area contributed by atoms with Gasteiger partial charge >= 0.3 is 6.18 Å². The van der Waals surface area contributed by atoms with Gasteiger partial charge in [-0.3, -0.25) is 9.89 Å². The van der Waals surface area contributed by atoms with Crippen molar-refractivity contribution in [2.45, 2.75) is 26.1 Å². The number of benzene rings is 1. The molecule has 25 heavy (non-hydrogen) atoms. The van der Waals surface area contributed by atoms with Gasteiger partial charge in [-0.25, -0.2) is 0 Å². The van der Waals surface area contributed by atoms with Gasteiger partial charge < -0.3 is 10.6 Å². The first-order valence-electron chi connectivity index (χ1n) is 8.15. The summed E-state index contributed by atoms with van der Waals surface area (Å²) in [6, 6.07) is 8.23. The van der Waals surface area contributed by atoms with Crippen molar-refractivity contribution in [3.63, 3.8) is 0 Å². The van der Waals surface area contributed by atoms with E-state index in [2.05, 4.69) is 39.9 Å². The zero-order valence-corrected chi connectivity index (χ0v) is 16.9. The van der Waals surface area contributed by atoms with Crippen LogP contribution in [-0.2, 0) is 6.54 Å². The van der Waals surface area contributed by atoms with Crippen LogP contribution in [0.5, 0.6) is 0 Å². The van der Waals surface area contributed by atoms with Crippen molar-refractivity contribution in [1.82, 2.24) is 15.5 Å². The van der Waals surface area contributed by atoms with E-state index in [0.717, 1.165) is 12.0 Å². The summed E-state index contributed by atoms with van der Waals surface area (Å²) in [5.41, 5.74) is 2.37. The molecule has 1 aromatic rings. The van der Waals surface area contributed by atoms with E-state index in [0.29, 0.717) is 32.1 Å². The van der Waals surface area contributed by atoms with Crippen LogP contribution in [0.3, 0.4) is 0 Å². The van der Waals surface area contributed by atoms with Crippen molar-refractivity contribution in [2.24, 2.45) is 10.9 Å². The molecule has 1 saturated heterocycles. The summed E-state index contributed by atoms with van der Waals surface area (Å²) in [6.45, 7) is 3.49. The minimum Gasteiger partial charge on any atom is -0.356 e. The fourth-order valence-electron chi connectivity index (χ4n) is 2.83. The second kappa shape index (κ2) is 10.2. The van der Waals surface area contributed by atoms with E-state index in [1.807, 2.05) is 6.92 Å². The van der Waals surface area contributed by atoms with Crippen molar-refractivity contribution < 1.29 is 13.2 Å². The van der Waals surface area contributed by atoms with Gasteiger partial charge in [0.05, 0.1) is 6.54 Å². The SMILES string of the molecule is CN=C(NCc1ccc(C)cc1)NCC1CCN(CC(F)(F)F)C1.I. The zero-order chi connectivity index (χ0) is 17.6. The summed E-state index contributed by atoms with van der Waals surface area (Å²) in [4.78, 5) is 5.63. The van der Waals surface area contributed by atoms with E-state index in [4.69, 9.17) is 0 Å². The molecule has 1 aliphatic rings. The maximum Gasteiger partial charge on any atom is 0.401 e. The molecule has 0 spiro atoms. The number of hydrogen-bond acceptors (Lipinski definition) is 2. The Hall–Kier alpha value is -1.03. The third kappa shape index (κ3) is 8.26. The van der Waals surface area contributed by atoms with Crippen LogP contribution in [0, 0.1) is 12.8 Å². The highest BCUT2D eigenvalue weighted by Crippen LogP contribution is 2.22. The summed E-state index contributed by atoms with van der Waals surface area (Å²) >= 11 is 0. The second-order valence-corrected chi connectivity index (χ2v) is 6.30.